The van der Waals surface area contributed by atoms with Gasteiger partial charge in [-0.25, -0.2) is 9.78 Å². The summed E-state index contributed by atoms with van der Waals surface area (Å²) in [7, 11) is 0. The van der Waals surface area contributed by atoms with E-state index in [1.54, 1.807) is 6.20 Å². The fourth-order valence-corrected chi connectivity index (χ4v) is 9.01. The van der Waals surface area contributed by atoms with Crippen LogP contribution in [0.4, 0.5) is 5.69 Å². The van der Waals surface area contributed by atoms with E-state index in [0.29, 0.717) is 17.2 Å². The molecular weight excluding hydrogens is 759 g/mol. The quantitative estimate of drug-likeness (QED) is 0.125. The maximum Gasteiger partial charge on any atom is 0.348 e. The van der Waals surface area contributed by atoms with Crippen LogP contribution in [0.5, 0.6) is 0 Å². The SMILES string of the molecule is C1CN(CCN2CCOCC2)CCN1.O=C(Nc1cc(-c2cccc3[nH]ccc23)cc2[nH]ncc12)c1nc(CN2CCN(CCN3CCOCC3)CC2)sc1C(=O)O. The van der Waals surface area contributed by atoms with Gasteiger partial charge in [0.15, 0.2) is 5.69 Å². The second kappa shape index (κ2) is 19.6. The van der Waals surface area contributed by atoms with Crippen molar-refractivity contribution < 1.29 is 24.2 Å². The predicted octanol–water partition coefficient (Wildman–Crippen LogP) is 2.79. The van der Waals surface area contributed by atoms with Gasteiger partial charge in [-0.05, 0) is 35.4 Å². The van der Waals surface area contributed by atoms with Gasteiger partial charge in [0.2, 0.25) is 0 Å². The second-order valence-electron chi connectivity index (χ2n) is 15.3. The number of ether oxygens (including phenoxy) is 2. The van der Waals surface area contributed by atoms with Crippen LogP contribution < -0.4 is 10.6 Å². The van der Waals surface area contributed by atoms with Gasteiger partial charge >= 0.3 is 5.97 Å². The zero-order valence-electron chi connectivity index (χ0n) is 33.1. The zero-order chi connectivity index (χ0) is 39.7. The molecule has 17 heteroatoms. The number of hydrogen-bond acceptors (Lipinski definition) is 13. The minimum Gasteiger partial charge on any atom is -0.477 e. The van der Waals surface area contributed by atoms with E-state index in [-0.39, 0.29) is 10.6 Å². The molecule has 5 N–H and O–H groups in total. The van der Waals surface area contributed by atoms with E-state index in [9.17, 15) is 14.7 Å². The number of rotatable bonds is 12. The molecule has 5 aromatic rings. The lowest BCUT2D eigenvalue weighted by molar-refractivity contribution is 0.0296. The van der Waals surface area contributed by atoms with Crippen LogP contribution in [-0.4, -0.2) is 193 Å². The van der Waals surface area contributed by atoms with Crippen LogP contribution in [0.25, 0.3) is 32.9 Å². The molecule has 58 heavy (non-hydrogen) atoms. The minimum absolute atomic E-state index is 0.0571. The number of aromatic amines is 2. The number of benzene rings is 2. The first-order valence-corrected chi connectivity index (χ1v) is 21.3. The third-order valence-electron chi connectivity index (χ3n) is 11.5. The van der Waals surface area contributed by atoms with E-state index in [0.717, 1.165) is 149 Å². The molecule has 0 spiro atoms. The zero-order valence-corrected chi connectivity index (χ0v) is 33.9. The number of carbonyl (C=O) groups excluding carboxylic acids is 1. The van der Waals surface area contributed by atoms with Crippen molar-refractivity contribution in [2.75, 3.05) is 136 Å². The largest absolute Gasteiger partial charge is 0.477 e. The Kier molecular flexibility index (Phi) is 13.7. The van der Waals surface area contributed by atoms with Crippen LogP contribution in [-0.2, 0) is 16.0 Å². The summed E-state index contributed by atoms with van der Waals surface area (Å²) in [5, 5.41) is 25.8. The van der Waals surface area contributed by atoms with Crippen molar-refractivity contribution in [3.8, 4) is 11.1 Å². The van der Waals surface area contributed by atoms with Crippen molar-refractivity contribution in [1.29, 1.82) is 0 Å². The fourth-order valence-electron chi connectivity index (χ4n) is 8.07. The van der Waals surface area contributed by atoms with Crippen LogP contribution >= 0.6 is 11.3 Å². The first-order valence-electron chi connectivity index (χ1n) is 20.5. The molecule has 4 fully saturated rings. The van der Waals surface area contributed by atoms with Crippen LogP contribution in [0, 0.1) is 0 Å². The summed E-state index contributed by atoms with van der Waals surface area (Å²) in [6.07, 6.45) is 3.54. The van der Waals surface area contributed by atoms with Crippen molar-refractivity contribution in [3.63, 3.8) is 0 Å². The molecule has 0 saturated carbocycles. The fraction of sp³-hybridized carbons (Fsp3) is 0.512. The molecule has 2 aromatic carbocycles. The molecule has 0 atom stereocenters. The molecule has 9 rings (SSSR count). The van der Waals surface area contributed by atoms with E-state index in [4.69, 9.17) is 9.47 Å². The normalized spacial score (nSPS) is 19.3. The standard InChI is InChI=1S/C31H34N8O4S.C10H21N3O/c40-30(34-25-16-20(17-26-23(25)18-33-36-26)21-2-1-3-24-22(21)4-5-32-24)28-29(31(41)42)44-27(35-28)19-39-10-8-37(9-11-39)6-7-38-12-14-43-15-13-38;1-3-12(4-2-11-1)5-6-13-7-9-14-10-8-13/h1-5,16-18,32H,6-15,19H2,(H,33,36)(H,34,40)(H,41,42);11H,1-10H2. The molecule has 1 amide bonds. The maximum absolute atomic E-state index is 13.6. The van der Waals surface area contributed by atoms with Crippen LogP contribution in [0.1, 0.15) is 25.2 Å². The van der Waals surface area contributed by atoms with E-state index < -0.39 is 11.9 Å². The number of fused-ring (bicyclic) bond motifs is 2. The van der Waals surface area contributed by atoms with Gasteiger partial charge < -0.3 is 30.2 Å². The lowest BCUT2D eigenvalue weighted by Gasteiger charge is -2.36. The smallest absolute Gasteiger partial charge is 0.348 e. The number of H-pyrrole nitrogens is 2. The molecule has 0 bridgehead atoms. The van der Waals surface area contributed by atoms with Gasteiger partial charge in [-0.15, -0.1) is 11.3 Å². The van der Waals surface area contributed by atoms with Gasteiger partial charge in [-0.3, -0.25) is 34.4 Å². The summed E-state index contributed by atoms with van der Waals surface area (Å²) in [4.78, 5) is 45.7. The number of carboxylic acid groups (broad SMARTS) is 1. The van der Waals surface area contributed by atoms with Crippen molar-refractivity contribution >= 4 is 50.7 Å². The monoisotopic (exact) mass is 813 g/mol. The average molecular weight is 814 g/mol. The number of carbonyl (C=O) groups is 2. The van der Waals surface area contributed by atoms with E-state index >= 15 is 0 Å². The van der Waals surface area contributed by atoms with Gasteiger partial charge in [-0.1, -0.05) is 12.1 Å². The number of carboxylic acids is 1. The van der Waals surface area contributed by atoms with Crippen LogP contribution in [0.15, 0.2) is 48.8 Å². The highest BCUT2D eigenvalue weighted by Crippen LogP contribution is 2.34. The number of amides is 1. The Hall–Kier alpha value is -4.30. The summed E-state index contributed by atoms with van der Waals surface area (Å²) in [5.41, 5.74) is 4.11. The van der Waals surface area contributed by atoms with E-state index in [2.05, 4.69) is 55.3 Å². The highest BCUT2D eigenvalue weighted by atomic mass is 32.1. The number of piperazine rings is 2. The minimum atomic E-state index is -1.16. The first-order chi connectivity index (χ1) is 28.5. The molecule has 0 radical (unpaired) electrons. The third-order valence-corrected chi connectivity index (χ3v) is 12.5. The Balaban J connectivity index is 0.000000283. The molecule has 0 unspecified atom stereocenters. The topological polar surface area (TPSA) is 170 Å². The summed E-state index contributed by atoms with van der Waals surface area (Å²) >= 11 is 1.07. The Bertz CT molecular complexity index is 2090. The van der Waals surface area contributed by atoms with Gasteiger partial charge in [0.1, 0.15) is 9.88 Å². The van der Waals surface area contributed by atoms with E-state index in [1.807, 2.05) is 42.6 Å². The molecule has 310 valence electrons. The molecule has 16 nitrogen and oxygen atoms in total. The highest BCUT2D eigenvalue weighted by Gasteiger charge is 2.26. The molecule has 4 saturated heterocycles. The number of hydrogen-bond donors (Lipinski definition) is 5. The van der Waals surface area contributed by atoms with Crippen molar-refractivity contribution in [3.05, 3.63) is 64.4 Å². The van der Waals surface area contributed by atoms with Crippen LogP contribution in [0.2, 0.25) is 0 Å². The Morgan fingerprint density at radius 1 is 0.759 bits per heavy atom. The van der Waals surface area contributed by atoms with Gasteiger partial charge in [0.25, 0.3) is 5.91 Å². The molecule has 3 aromatic heterocycles. The second-order valence-corrected chi connectivity index (χ2v) is 16.3. The summed E-state index contributed by atoms with van der Waals surface area (Å²) < 4.78 is 10.8. The molecule has 4 aliphatic rings. The maximum atomic E-state index is 13.6. The van der Waals surface area contributed by atoms with Crippen molar-refractivity contribution in [1.82, 2.24) is 50.0 Å². The Morgan fingerprint density at radius 2 is 1.40 bits per heavy atom. The Labute approximate surface area is 342 Å². The van der Waals surface area contributed by atoms with Gasteiger partial charge in [-0.2, -0.15) is 5.10 Å². The number of anilines is 1. The van der Waals surface area contributed by atoms with E-state index in [1.165, 1.54) is 26.2 Å². The molecule has 4 aliphatic heterocycles. The molecular formula is C41H55N11O5S. The molecule has 0 aliphatic carbocycles. The first kappa shape index (κ1) is 40.5. The Morgan fingerprint density at radius 3 is 2.07 bits per heavy atom. The summed E-state index contributed by atoms with van der Waals surface area (Å²) in [6.45, 7) is 21.1. The number of thiazole rings is 1. The van der Waals surface area contributed by atoms with Gasteiger partial charge in [0.05, 0.1) is 50.4 Å². The third kappa shape index (κ3) is 10.3. The van der Waals surface area contributed by atoms with Crippen molar-refractivity contribution in [2.45, 2.75) is 6.54 Å². The summed E-state index contributed by atoms with van der Waals surface area (Å²) in [5.74, 6) is -1.72. The predicted molar refractivity (Wildman–Crippen MR) is 226 cm³/mol. The number of nitrogens with zero attached hydrogens (tertiary/aromatic N) is 7. The number of morpholine rings is 2. The molecule has 7 heterocycles. The highest BCUT2D eigenvalue weighted by molar-refractivity contribution is 7.13. The average Bonchev–Trinajstić information content (AvgIpc) is 4.05. The summed E-state index contributed by atoms with van der Waals surface area (Å²) in [6, 6.07) is 11.9. The number of aromatic carboxylic acids is 1. The van der Waals surface area contributed by atoms with Crippen molar-refractivity contribution in [2.24, 2.45) is 0 Å². The lowest BCUT2D eigenvalue weighted by Crippen LogP contribution is -2.49. The lowest BCUT2D eigenvalue weighted by atomic mass is 9.99. The van der Waals surface area contributed by atoms with Crippen LogP contribution in [0.3, 0.4) is 0 Å². The number of aromatic nitrogens is 4. The number of nitrogens with one attached hydrogen (secondary N) is 4. The van der Waals surface area contributed by atoms with Gasteiger partial charge in [0, 0.05) is 127 Å².